The van der Waals surface area contributed by atoms with E-state index < -0.39 is 22.0 Å². The van der Waals surface area contributed by atoms with E-state index in [1.165, 1.54) is 19.3 Å². The second-order valence-corrected chi connectivity index (χ2v) is 6.00. The highest BCUT2D eigenvalue weighted by molar-refractivity contribution is 7.89. The summed E-state index contributed by atoms with van der Waals surface area (Å²) in [6, 6.07) is 0. The first-order valence-corrected chi connectivity index (χ1v) is 7.56. The van der Waals surface area contributed by atoms with E-state index in [-0.39, 0.29) is 5.75 Å². The number of aliphatic carboxylic acids is 2. The Kier molecular flexibility index (Phi) is 8.01. The van der Waals surface area contributed by atoms with E-state index in [4.69, 9.17) is 15.4 Å². The number of hydrogen-bond acceptors (Lipinski definition) is 4. The van der Waals surface area contributed by atoms with Gasteiger partial charge in [-0.05, 0) is 18.8 Å². The number of carboxylic acid groups (broad SMARTS) is 2. The molecule has 19 heavy (non-hydrogen) atoms. The van der Waals surface area contributed by atoms with Crippen molar-refractivity contribution in [2.45, 2.75) is 32.1 Å². The van der Waals surface area contributed by atoms with E-state index in [1.54, 1.807) is 0 Å². The van der Waals surface area contributed by atoms with Crippen LogP contribution in [0.2, 0.25) is 0 Å². The summed E-state index contributed by atoms with van der Waals surface area (Å²) in [5.41, 5.74) is 0. The third-order valence-electron chi connectivity index (χ3n) is 2.56. The Morgan fingerprint density at radius 1 is 1.05 bits per heavy atom. The number of hydrogen-bond donors (Lipinski definition) is 3. The van der Waals surface area contributed by atoms with Crippen molar-refractivity contribution in [3.05, 3.63) is 12.2 Å². The summed E-state index contributed by atoms with van der Waals surface area (Å²) >= 11 is 0. The lowest BCUT2D eigenvalue weighted by atomic mass is 9.91. The van der Waals surface area contributed by atoms with Gasteiger partial charge in [-0.25, -0.2) is 23.1 Å². The van der Waals surface area contributed by atoms with Gasteiger partial charge in [-0.3, -0.25) is 0 Å². The van der Waals surface area contributed by atoms with Crippen molar-refractivity contribution in [2.24, 2.45) is 11.1 Å². The quantitative estimate of drug-likeness (QED) is 0.648. The highest BCUT2D eigenvalue weighted by Crippen LogP contribution is 2.24. The molecule has 0 spiro atoms. The van der Waals surface area contributed by atoms with Crippen LogP contribution in [-0.2, 0) is 19.6 Å². The van der Waals surface area contributed by atoms with Crippen LogP contribution in [0.1, 0.15) is 32.1 Å². The van der Waals surface area contributed by atoms with E-state index >= 15 is 0 Å². The van der Waals surface area contributed by atoms with Gasteiger partial charge in [0, 0.05) is 12.2 Å². The molecule has 0 radical (unpaired) electrons. The molecule has 1 aliphatic rings. The summed E-state index contributed by atoms with van der Waals surface area (Å²) in [6.07, 6.45) is 6.78. The van der Waals surface area contributed by atoms with Gasteiger partial charge in [0.1, 0.15) is 0 Å². The van der Waals surface area contributed by atoms with Crippen LogP contribution in [0.4, 0.5) is 0 Å². The maximum absolute atomic E-state index is 10.7. The van der Waals surface area contributed by atoms with Crippen LogP contribution in [0.5, 0.6) is 0 Å². The van der Waals surface area contributed by atoms with Crippen LogP contribution in [0.15, 0.2) is 12.2 Å². The number of carboxylic acids is 2. The Morgan fingerprint density at radius 2 is 1.47 bits per heavy atom. The summed E-state index contributed by atoms with van der Waals surface area (Å²) in [6.45, 7) is 0. The fourth-order valence-electron chi connectivity index (χ4n) is 1.82. The number of nitrogens with two attached hydrogens (primary N) is 1. The zero-order valence-electron chi connectivity index (χ0n) is 10.5. The van der Waals surface area contributed by atoms with Crippen molar-refractivity contribution >= 4 is 22.0 Å². The minimum atomic E-state index is -3.22. The van der Waals surface area contributed by atoms with Crippen LogP contribution in [0, 0.1) is 5.92 Å². The van der Waals surface area contributed by atoms with Crippen LogP contribution in [0.25, 0.3) is 0 Å². The van der Waals surface area contributed by atoms with Gasteiger partial charge in [0.05, 0.1) is 5.75 Å². The molecule has 0 aromatic heterocycles. The monoisotopic (exact) mass is 293 g/mol. The lowest BCUT2D eigenvalue weighted by Crippen LogP contribution is -2.24. The second-order valence-electron chi connectivity index (χ2n) is 4.34. The predicted molar refractivity (Wildman–Crippen MR) is 69.0 cm³/mol. The standard InChI is InChI=1S/C7H15NO2S.C4H4O4/c8-11(9,10)6-7-4-2-1-3-5-7;5-3(6)1-2-4(7)8/h7H,1-6H2,(H2,8,9,10);1-2H,(H,5,6)(H,7,8)/b;2-1-. The molecule has 1 rings (SSSR count). The maximum atomic E-state index is 10.7. The summed E-state index contributed by atoms with van der Waals surface area (Å²) in [5.74, 6) is -1.99. The lowest BCUT2D eigenvalue weighted by molar-refractivity contribution is -0.134. The van der Waals surface area contributed by atoms with Gasteiger partial charge >= 0.3 is 11.9 Å². The molecule has 0 amide bonds. The smallest absolute Gasteiger partial charge is 0.328 e. The van der Waals surface area contributed by atoms with Gasteiger partial charge in [-0.15, -0.1) is 0 Å². The van der Waals surface area contributed by atoms with Crippen molar-refractivity contribution in [2.75, 3.05) is 5.75 Å². The Labute approximate surface area is 112 Å². The van der Waals surface area contributed by atoms with Crippen molar-refractivity contribution in [1.82, 2.24) is 0 Å². The normalized spacial score (nSPS) is 16.7. The van der Waals surface area contributed by atoms with Crippen molar-refractivity contribution in [3.8, 4) is 0 Å². The van der Waals surface area contributed by atoms with Crippen LogP contribution in [0.3, 0.4) is 0 Å². The maximum Gasteiger partial charge on any atom is 0.328 e. The number of primary sulfonamides is 1. The SMILES string of the molecule is NS(=O)(=O)CC1CCCCC1.O=C(O)/C=C\C(=O)O. The van der Waals surface area contributed by atoms with Crippen molar-refractivity contribution in [1.29, 1.82) is 0 Å². The van der Waals surface area contributed by atoms with Gasteiger partial charge in [0.2, 0.25) is 10.0 Å². The summed E-state index contributed by atoms with van der Waals surface area (Å²) in [4.78, 5) is 19.1. The Balaban J connectivity index is 0.000000362. The van der Waals surface area contributed by atoms with Crippen molar-refractivity contribution < 1.29 is 28.2 Å². The van der Waals surface area contributed by atoms with Crippen LogP contribution < -0.4 is 5.14 Å². The van der Waals surface area contributed by atoms with E-state index in [0.29, 0.717) is 18.1 Å². The average molecular weight is 293 g/mol. The summed E-state index contributed by atoms with van der Waals surface area (Å²) < 4.78 is 21.4. The molecule has 1 aliphatic carbocycles. The summed E-state index contributed by atoms with van der Waals surface area (Å²) in [7, 11) is -3.22. The molecular formula is C11H19NO6S. The molecule has 1 saturated carbocycles. The first-order valence-electron chi connectivity index (χ1n) is 5.85. The molecule has 8 heteroatoms. The third kappa shape index (κ3) is 12.8. The van der Waals surface area contributed by atoms with Crippen LogP contribution in [-0.4, -0.2) is 36.3 Å². The molecule has 0 aromatic carbocycles. The Hall–Kier alpha value is -1.41. The van der Waals surface area contributed by atoms with Gasteiger partial charge in [-0.1, -0.05) is 19.3 Å². The highest BCUT2D eigenvalue weighted by atomic mass is 32.2. The fraction of sp³-hybridized carbons (Fsp3) is 0.636. The fourth-order valence-corrected chi connectivity index (χ4v) is 2.82. The second kappa shape index (κ2) is 8.65. The first-order chi connectivity index (χ1) is 8.70. The summed E-state index contributed by atoms with van der Waals surface area (Å²) in [5, 5.41) is 20.6. The van der Waals surface area contributed by atoms with E-state index in [0.717, 1.165) is 12.8 Å². The predicted octanol–water partition coefficient (Wildman–Crippen LogP) is 0.567. The highest BCUT2D eigenvalue weighted by Gasteiger charge is 2.17. The zero-order chi connectivity index (χ0) is 14.9. The van der Waals surface area contributed by atoms with Gasteiger partial charge < -0.3 is 10.2 Å². The van der Waals surface area contributed by atoms with E-state index in [9.17, 15) is 18.0 Å². The minimum Gasteiger partial charge on any atom is -0.478 e. The van der Waals surface area contributed by atoms with Gasteiger partial charge in [0.15, 0.2) is 0 Å². The topological polar surface area (TPSA) is 135 Å². The third-order valence-corrected chi connectivity index (χ3v) is 3.50. The Morgan fingerprint density at radius 3 is 1.79 bits per heavy atom. The van der Waals surface area contributed by atoms with Crippen molar-refractivity contribution in [3.63, 3.8) is 0 Å². The zero-order valence-corrected chi connectivity index (χ0v) is 11.3. The molecule has 110 valence electrons. The number of rotatable bonds is 4. The number of carbonyl (C=O) groups is 2. The van der Waals surface area contributed by atoms with Gasteiger partial charge in [-0.2, -0.15) is 0 Å². The van der Waals surface area contributed by atoms with E-state index in [2.05, 4.69) is 0 Å². The molecule has 0 aliphatic heterocycles. The molecule has 4 N–H and O–H groups in total. The molecule has 1 fully saturated rings. The molecule has 0 saturated heterocycles. The Bertz CT molecular complexity index is 406. The number of sulfonamides is 1. The first kappa shape index (κ1) is 17.6. The van der Waals surface area contributed by atoms with Crippen LogP contribution >= 0.6 is 0 Å². The lowest BCUT2D eigenvalue weighted by Gasteiger charge is -2.19. The minimum absolute atomic E-state index is 0.188. The van der Waals surface area contributed by atoms with Gasteiger partial charge in [0.25, 0.3) is 0 Å². The largest absolute Gasteiger partial charge is 0.478 e. The molecule has 0 atom stereocenters. The molecule has 7 nitrogen and oxygen atoms in total. The molecule has 0 aromatic rings. The molecular weight excluding hydrogens is 274 g/mol. The molecule has 0 bridgehead atoms. The molecule has 0 heterocycles. The van der Waals surface area contributed by atoms with E-state index in [1.807, 2.05) is 0 Å². The average Bonchev–Trinajstić information content (AvgIpc) is 2.26. The molecule has 0 unspecified atom stereocenters.